The first-order valence-electron chi connectivity index (χ1n) is 9.60. The molecule has 1 aliphatic heterocycles. The topological polar surface area (TPSA) is 102 Å². The minimum atomic E-state index is -0.507. The Balaban J connectivity index is 1.80. The van der Waals surface area contributed by atoms with E-state index in [1.165, 1.54) is 16.6 Å². The Hall–Kier alpha value is -2.07. The van der Waals surface area contributed by atoms with Crippen molar-refractivity contribution < 1.29 is 14.3 Å². The van der Waals surface area contributed by atoms with Crippen LogP contribution in [0.3, 0.4) is 0 Å². The van der Waals surface area contributed by atoms with Gasteiger partial charge in [0.05, 0.1) is 11.1 Å². The Kier molecular flexibility index (Phi) is 6.52. The number of piperazine rings is 1. The third-order valence-electron chi connectivity index (χ3n) is 4.33. The number of thiophene rings is 1. The third kappa shape index (κ3) is 5.51. The number of aryl methyl sites for hydroxylation is 1. The van der Waals surface area contributed by atoms with Crippen LogP contribution in [0.2, 0.25) is 0 Å². The minimum absolute atomic E-state index is 0.142. The molecule has 0 radical (unpaired) electrons. The van der Waals surface area contributed by atoms with Gasteiger partial charge in [-0.05, 0) is 33.3 Å². The van der Waals surface area contributed by atoms with E-state index in [2.05, 4.69) is 22.9 Å². The fourth-order valence-electron chi connectivity index (χ4n) is 2.98. The molecule has 0 aliphatic carbocycles. The first-order chi connectivity index (χ1) is 13.7. The van der Waals surface area contributed by atoms with Gasteiger partial charge in [-0.1, -0.05) is 18.7 Å². The maximum Gasteiger partial charge on any atom is 0.410 e. The van der Waals surface area contributed by atoms with E-state index >= 15 is 0 Å². The molecule has 0 spiro atoms. The van der Waals surface area contributed by atoms with Gasteiger partial charge in [0.2, 0.25) is 5.91 Å². The highest BCUT2D eigenvalue weighted by atomic mass is 32.2. The molecule has 1 aliphatic rings. The Morgan fingerprint density at radius 1 is 1.24 bits per heavy atom. The van der Waals surface area contributed by atoms with Crippen LogP contribution in [0.15, 0.2) is 11.2 Å². The Bertz CT molecular complexity index is 901. The van der Waals surface area contributed by atoms with Gasteiger partial charge in [-0.2, -0.15) is 0 Å². The SMILES string of the molecule is CCc1cc2c(N3CCN(C(=O)OC(C)(C)C)CC3)nc(SCC(N)=O)nc2s1. The molecule has 1 saturated heterocycles. The lowest BCUT2D eigenvalue weighted by Gasteiger charge is -2.36. The summed E-state index contributed by atoms with van der Waals surface area (Å²) in [4.78, 5) is 38.9. The number of nitrogens with zero attached hydrogens (tertiary/aromatic N) is 4. The fourth-order valence-corrected chi connectivity index (χ4v) is 4.58. The van der Waals surface area contributed by atoms with Crippen LogP contribution in [-0.2, 0) is 16.0 Å². The first kappa shape index (κ1) is 21.6. The molecular formula is C19H27N5O3S2. The lowest BCUT2D eigenvalue weighted by molar-refractivity contribution is -0.115. The predicted molar refractivity (Wildman–Crippen MR) is 117 cm³/mol. The van der Waals surface area contributed by atoms with Crippen LogP contribution in [0, 0.1) is 0 Å². The van der Waals surface area contributed by atoms with Gasteiger partial charge in [0.25, 0.3) is 0 Å². The zero-order valence-corrected chi connectivity index (χ0v) is 18.9. The summed E-state index contributed by atoms with van der Waals surface area (Å²) in [5, 5.41) is 1.56. The molecule has 8 nitrogen and oxygen atoms in total. The van der Waals surface area contributed by atoms with Gasteiger partial charge in [-0.15, -0.1) is 11.3 Å². The molecule has 0 unspecified atom stereocenters. The number of aromatic nitrogens is 2. The summed E-state index contributed by atoms with van der Waals surface area (Å²) in [6, 6.07) is 2.14. The van der Waals surface area contributed by atoms with E-state index in [1.54, 1.807) is 16.2 Å². The maximum absolute atomic E-state index is 12.3. The summed E-state index contributed by atoms with van der Waals surface area (Å²) in [5.74, 6) is 0.594. The number of thioether (sulfide) groups is 1. The zero-order valence-electron chi connectivity index (χ0n) is 17.2. The number of hydrogen-bond acceptors (Lipinski definition) is 8. The molecular weight excluding hydrogens is 410 g/mol. The summed E-state index contributed by atoms with van der Waals surface area (Å²) >= 11 is 2.89. The van der Waals surface area contributed by atoms with Crippen molar-refractivity contribution in [3.63, 3.8) is 0 Å². The van der Waals surface area contributed by atoms with Crippen LogP contribution in [0.25, 0.3) is 10.2 Å². The monoisotopic (exact) mass is 437 g/mol. The van der Waals surface area contributed by atoms with E-state index in [9.17, 15) is 9.59 Å². The van der Waals surface area contributed by atoms with Gasteiger partial charge in [0.1, 0.15) is 16.2 Å². The van der Waals surface area contributed by atoms with Gasteiger partial charge in [-0.3, -0.25) is 4.79 Å². The van der Waals surface area contributed by atoms with E-state index in [0.717, 1.165) is 22.5 Å². The number of rotatable bonds is 5. The van der Waals surface area contributed by atoms with Crippen LogP contribution >= 0.6 is 23.1 Å². The quantitative estimate of drug-likeness (QED) is 0.567. The fraction of sp³-hybridized carbons (Fsp3) is 0.579. The van der Waals surface area contributed by atoms with Gasteiger partial charge in [0, 0.05) is 31.1 Å². The lowest BCUT2D eigenvalue weighted by Crippen LogP contribution is -2.50. The van der Waals surface area contributed by atoms with Crippen LogP contribution in [0.1, 0.15) is 32.6 Å². The number of carbonyl (C=O) groups is 2. The molecule has 158 valence electrons. The summed E-state index contributed by atoms with van der Waals surface area (Å²) in [5.41, 5.74) is 4.77. The van der Waals surface area contributed by atoms with E-state index in [1.807, 2.05) is 20.8 Å². The van der Waals surface area contributed by atoms with Crippen LogP contribution < -0.4 is 10.6 Å². The summed E-state index contributed by atoms with van der Waals surface area (Å²) < 4.78 is 5.48. The number of fused-ring (bicyclic) bond motifs is 1. The van der Waals surface area contributed by atoms with Gasteiger partial charge < -0.3 is 20.3 Å². The second kappa shape index (κ2) is 8.74. The highest BCUT2D eigenvalue weighted by molar-refractivity contribution is 7.99. The number of carbonyl (C=O) groups excluding carboxylic acids is 2. The number of primary amides is 1. The van der Waals surface area contributed by atoms with Crippen molar-refractivity contribution >= 4 is 51.1 Å². The summed E-state index contributed by atoms with van der Waals surface area (Å²) in [6.45, 7) is 10.2. The average Bonchev–Trinajstić information content (AvgIpc) is 3.07. The zero-order chi connectivity index (χ0) is 21.2. The lowest BCUT2D eigenvalue weighted by atomic mass is 10.2. The molecule has 2 aromatic heterocycles. The molecule has 29 heavy (non-hydrogen) atoms. The number of anilines is 1. The molecule has 10 heteroatoms. The molecule has 3 heterocycles. The van der Waals surface area contributed by atoms with Crippen LogP contribution in [0.5, 0.6) is 0 Å². The van der Waals surface area contributed by atoms with E-state index in [4.69, 9.17) is 15.5 Å². The van der Waals surface area contributed by atoms with Crippen molar-refractivity contribution in [3.05, 3.63) is 10.9 Å². The maximum atomic E-state index is 12.3. The van der Waals surface area contributed by atoms with Gasteiger partial charge in [-0.25, -0.2) is 14.8 Å². The average molecular weight is 438 g/mol. The van der Waals surface area contributed by atoms with Crippen LogP contribution in [-0.4, -0.2) is 64.4 Å². The van der Waals surface area contributed by atoms with Crippen LogP contribution in [0.4, 0.5) is 10.6 Å². The van der Waals surface area contributed by atoms with E-state index in [-0.39, 0.29) is 11.8 Å². The third-order valence-corrected chi connectivity index (χ3v) is 6.37. The second-order valence-corrected chi connectivity index (χ2v) is 9.88. The normalized spacial score (nSPS) is 15.0. The number of amides is 2. The molecule has 2 N–H and O–H groups in total. The van der Waals surface area contributed by atoms with Crippen molar-refractivity contribution in [2.75, 3.05) is 36.8 Å². The Labute approximate surface area is 178 Å². The molecule has 1 fully saturated rings. The number of ether oxygens (including phenoxy) is 1. The molecule has 0 atom stereocenters. The van der Waals surface area contributed by atoms with E-state index < -0.39 is 11.5 Å². The van der Waals surface area contributed by atoms with Crippen molar-refractivity contribution in [2.45, 2.75) is 44.9 Å². The predicted octanol–water partition coefficient (Wildman–Crippen LogP) is 2.89. The molecule has 2 aromatic rings. The summed E-state index contributed by atoms with van der Waals surface area (Å²) in [6.07, 6.45) is 0.642. The molecule has 0 saturated carbocycles. The highest BCUT2D eigenvalue weighted by Gasteiger charge is 2.27. The molecule has 0 bridgehead atoms. The van der Waals surface area contributed by atoms with Gasteiger partial charge >= 0.3 is 6.09 Å². The van der Waals surface area contributed by atoms with Gasteiger partial charge in [0.15, 0.2) is 5.16 Å². The minimum Gasteiger partial charge on any atom is -0.444 e. The standard InChI is InChI=1S/C19H27N5O3S2/c1-5-12-10-13-15(21-17(22-16(13)29-12)28-11-14(20)25)23-6-8-24(9-7-23)18(26)27-19(2,3)4/h10H,5-9,11H2,1-4H3,(H2,20,25). The largest absolute Gasteiger partial charge is 0.444 e. The smallest absolute Gasteiger partial charge is 0.410 e. The first-order valence-corrected chi connectivity index (χ1v) is 11.4. The molecule has 2 amide bonds. The molecule has 0 aromatic carbocycles. The molecule has 3 rings (SSSR count). The van der Waals surface area contributed by atoms with Crippen molar-refractivity contribution in [2.24, 2.45) is 5.73 Å². The number of nitrogens with two attached hydrogens (primary N) is 1. The number of hydrogen-bond donors (Lipinski definition) is 1. The Morgan fingerprint density at radius 2 is 1.93 bits per heavy atom. The second-order valence-electron chi connectivity index (χ2n) is 7.82. The summed E-state index contributed by atoms with van der Waals surface area (Å²) in [7, 11) is 0. The van der Waals surface area contributed by atoms with Crippen molar-refractivity contribution in [3.8, 4) is 0 Å². The van der Waals surface area contributed by atoms with Crippen molar-refractivity contribution in [1.29, 1.82) is 0 Å². The van der Waals surface area contributed by atoms with E-state index in [0.29, 0.717) is 31.3 Å². The van der Waals surface area contributed by atoms with Crippen molar-refractivity contribution in [1.82, 2.24) is 14.9 Å². The highest BCUT2D eigenvalue weighted by Crippen LogP contribution is 2.33. The Morgan fingerprint density at radius 3 is 2.52 bits per heavy atom.